The largest absolute Gasteiger partial charge is 0.534 e. The minimum Gasteiger partial charge on any atom is -0.487 e. The Kier molecular flexibility index (Phi) is 8.39. The second kappa shape index (κ2) is 11.5. The zero-order chi connectivity index (χ0) is 31.7. The summed E-state index contributed by atoms with van der Waals surface area (Å²) in [6.45, 7) is 11.6. The fourth-order valence-corrected chi connectivity index (χ4v) is 3.65. The Morgan fingerprint density at radius 2 is 1.53 bits per heavy atom. The van der Waals surface area contributed by atoms with Gasteiger partial charge in [-0.15, -0.1) is 0 Å². The molecule has 0 aliphatic rings. The molecule has 2 aromatic carbocycles. The quantitative estimate of drug-likeness (QED) is 0.163. The molecule has 0 fully saturated rings. The van der Waals surface area contributed by atoms with Crippen LogP contribution in [0.5, 0.6) is 5.75 Å². The number of ether oxygens (including phenoxy) is 3. The molecule has 13 heteroatoms. The number of oxazole rings is 1. The molecule has 10 nitrogen and oxygen atoms in total. The van der Waals surface area contributed by atoms with E-state index < -0.39 is 35.2 Å². The standard InChI is InChI=1S/C30H31F3N2O8/c1-17-22(34-25(39-17)18-8-10-20(11-9-18)30(31,32)33)16-38-21-12-13-23-19(14-21)15-24(40-23)35(26(36)41-28(2,3)4)43-27(37)42-29(5,6)7/h8-15H,16H2,1-7H3. The first-order valence-electron chi connectivity index (χ1n) is 13.1. The number of nitrogens with zero attached hydrogens (tertiary/aromatic N) is 2. The maximum atomic E-state index is 12.9. The van der Waals surface area contributed by atoms with Crippen LogP contribution in [0.1, 0.15) is 58.6 Å². The molecule has 0 spiro atoms. The third kappa shape index (κ3) is 8.21. The maximum absolute atomic E-state index is 12.9. The predicted octanol–water partition coefficient (Wildman–Crippen LogP) is 8.60. The molecule has 43 heavy (non-hydrogen) atoms. The molecule has 230 valence electrons. The number of amides is 1. The second-order valence-corrected chi connectivity index (χ2v) is 11.5. The lowest BCUT2D eigenvalue weighted by Gasteiger charge is -2.25. The van der Waals surface area contributed by atoms with E-state index in [-0.39, 0.29) is 18.4 Å². The van der Waals surface area contributed by atoms with Crippen molar-refractivity contribution >= 4 is 29.1 Å². The third-order valence-electron chi connectivity index (χ3n) is 5.52. The summed E-state index contributed by atoms with van der Waals surface area (Å²) >= 11 is 0. The normalized spacial score (nSPS) is 12.2. The Morgan fingerprint density at radius 3 is 2.14 bits per heavy atom. The third-order valence-corrected chi connectivity index (χ3v) is 5.52. The number of furan rings is 1. The molecule has 0 N–H and O–H groups in total. The van der Waals surface area contributed by atoms with Crippen LogP contribution in [0.15, 0.2) is 57.4 Å². The zero-order valence-electron chi connectivity index (χ0n) is 24.6. The maximum Gasteiger partial charge on any atom is 0.534 e. The Balaban J connectivity index is 1.51. The van der Waals surface area contributed by atoms with Gasteiger partial charge in [-0.2, -0.15) is 13.2 Å². The Morgan fingerprint density at radius 1 is 0.884 bits per heavy atom. The molecule has 0 bridgehead atoms. The summed E-state index contributed by atoms with van der Waals surface area (Å²) in [6, 6.07) is 10.8. The molecule has 0 atom stereocenters. The minimum atomic E-state index is -4.44. The Bertz CT molecular complexity index is 1610. The number of fused-ring (bicyclic) bond motifs is 1. The number of aromatic nitrogens is 1. The van der Waals surface area contributed by atoms with Crippen LogP contribution in [-0.2, 0) is 27.1 Å². The fraction of sp³-hybridized carbons (Fsp3) is 0.367. The van der Waals surface area contributed by atoms with E-state index in [1.54, 1.807) is 66.7 Å². The number of hydroxylamine groups is 1. The van der Waals surface area contributed by atoms with Crippen molar-refractivity contribution in [3.05, 3.63) is 65.5 Å². The number of carbonyl (C=O) groups excluding carboxylic acids is 2. The topological polar surface area (TPSA) is 113 Å². The van der Waals surface area contributed by atoms with E-state index in [2.05, 4.69) is 4.98 Å². The molecule has 0 saturated heterocycles. The molecule has 0 unspecified atom stereocenters. The summed E-state index contributed by atoms with van der Waals surface area (Å²) in [6.07, 6.45) is -6.58. The molecular formula is C30H31F3N2O8. The van der Waals surface area contributed by atoms with Crippen molar-refractivity contribution in [2.75, 3.05) is 5.06 Å². The molecule has 2 aromatic heterocycles. The highest BCUT2D eigenvalue weighted by Crippen LogP contribution is 2.33. The smallest absolute Gasteiger partial charge is 0.487 e. The summed E-state index contributed by atoms with van der Waals surface area (Å²) in [5.74, 6) is 0.872. The number of aryl methyl sites for hydroxylation is 1. The zero-order valence-corrected chi connectivity index (χ0v) is 24.6. The van der Waals surface area contributed by atoms with E-state index in [1.807, 2.05) is 0 Å². The Hall–Kier alpha value is -4.68. The summed E-state index contributed by atoms with van der Waals surface area (Å²) < 4.78 is 66.4. The van der Waals surface area contributed by atoms with Crippen LogP contribution >= 0.6 is 0 Å². The number of alkyl halides is 3. The number of rotatable bonds is 5. The highest BCUT2D eigenvalue weighted by Gasteiger charge is 2.32. The van der Waals surface area contributed by atoms with Crippen molar-refractivity contribution in [3.8, 4) is 17.2 Å². The Labute approximate surface area is 245 Å². The minimum absolute atomic E-state index is 0.00201. The van der Waals surface area contributed by atoms with Crippen LogP contribution in [0, 0.1) is 6.92 Å². The van der Waals surface area contributed by atoms with E-state index in [9.17, 15) is 22.8 Å². The average Bonchev–Trinajstić information content (AvgIpc) is 3.46. The van der Waals surface area contributed by atoms with Gasteiger partial charge < -0.3 is 23.0 Å². The first kappa shape index (κ1) is 31.3. The van der Waals surface area contributed by atoms with E-state index >= 15 is 0 Å². The molecule has 4 rings (SSSR count). The van der Waals surface area contributed by atoms with Gasteiger partial charge in [0.2, 0.25) is 11.8 Å². The van der Waals surface area contributed by atoms with Crippen molar-refractivity contribution in [2.45, 2.75) is 72.5 Å². The monoisotopic (exact) mass is 604 g/mol. The van der Waals surface area contributed by atoms with E-state index in [1.165, 1.54) is 18.2 Å². The molecule has 0 radical (unpaired) electrons. The van der Waals surface area contributed by atoms with Gasteiger partial charge in [0.25, 0.3) is 0 Å². The average molecular weight is 605 g/mol. The van der Waals surface area contributed by atoms with Crippen molar-refractivity contribution in [3.63, 3.8) is 0 Å². The second-order valence-electron chi connectivity index (χ2n) is 11.5. The fourth-order valence-electron chi connectivity index (χ4n) is 3.65. The number of carbonyl (C=O) groups is 2. The highest BCUT2D eigenvalue weighted by molar-refractivity contribution is 5.90. The van der Waals surface area contributed by atoms with E-state index in [0.717, 1.165) is 12.1 Å². The van der Waals surface area contributed by atoms with Crippen molar-refractivity contribution in [1.29, 1.82) is 0 Å². The number of benzene rings is 2. The molecular weight excluding hydrogens is 573 g/mol. The number of hydrogen-bond donors (Lipinski definition) is 0. The molecule has 1 amide bonds. The summed E-state index contributed by atoms with van der Waals surface area (Å²) in [5, 5.41) is 1.08. The van der Waals surface area contributed by atoms with E-state index in [4.69, 9.17) is 27.9 Å². The lowest BCUT2D eigenvalue weighted by atomic mass is 10.1. The number of halogens is 3. The molecule has 0 aliphatic carbocycles. The van der Waals surface area contributed by atoms with Gasteiger partial charge in [-0.25, -0.2) is 14.6 Å². The summed E-state index contributed by atoms with van der Waals surface area (Å²) in [7, 11) is 0. The van der Waals surface area contributed by atoms with Crippen LogP contribution in [0.2, 0.25) is 0 Å². The number of hydrogen-bond acceptors (Lipinski definition) is 9. The van der Waals surface area contributed by atoms with Crippen LogP contribution < -0.4 is 9.80 Å². The van der Waals surface area contributed by atoms with Gasteiger partial charge in [-0.05, 0) is 90.9 Å². The van der Waals surface area contributed by atoms with Crippen molar-refractivity contribution in [1.82, 2.24) is 4.98 Å². The van der Waals surface area contributed by atoms with Crippen molar-refractivity contribution < 1.29 is 50.6 Å². The van der Waals surface area contributed by atoms with Gasteiger partial charge in [0.05, 0.1) is 5.56 Å². The van der Waals surface area contributed by atoms with Crippen molar-refractivity contribution in [2.24, 2.45) is 0 Å². The van der Waals surface area contributed by atoms with Gasteiger partial charge in [0.15, 0.2) is 0 Å². The SMILES string of the molecule is Cc1oc(-c2ccc(C(F)(F)F)cc2)nc1COc1ccc2oc(N(OC(=O)OC(C)(C)C)C(=O)OC(C)(C)C)cc2c1. The molecule has 4 aromatic rings. The van der Waals surface area contributed by atoms with Gasteiger partial charge in [0.1, 0.15) is 40.6 Å². The van der Waals surface area contributed by atoms with Crippen LogP contribution in [-0.4, -0.2) is 28.4 Å². The number of anilines is 1. The van der Waals surface area contributed by atoms with Crippen LogP contribution in [0.4, 0.5) is 28.6 Å². The lowest BCUT2D eigenvalue weighted by molar-refractivity contribution is -0.137. The highest BCUT2D eigenvalue weighted by atomic mass is 19.4. The first-order valence-corrected chi connectivity index (χ1v) is 13.1. The van der Waals surface area contributed by atoms with Gasteiger partial charge in [0, 0.05) is 17.0 Å². The van der Waals surface area contributed by atoms with Gasteiger partial charge in [-0.3, -0.25) is 4.84 Å². The first-order chi connectivity index (χ1) is 19.9. The van der Waals surface area contributed by atoms with Gasteiger partial charge >= 0.3 is 18.4 Å². The molecule has 2 heterocycles. The summed E-state index contributed by atoms with van der Waals surface area (Å²) in [5.41, 5.74) is -1.36. The molecule has 0 saturated carbocycles. The van der Waals surface area contributed by atoms with Crippen LogP contribution in [0.25, 0.3) is 22.4 Å². The molecule has 0 aliphatic heterocycles. The lowest BCUT2D eigenvalue weighted by Crippen LogP contribution is -2.39. The van der Waals surface area contributed by atoms with E-state index in [0.29, 0.717) is 38.8 Å². The van der Waals surface area contributed by atoms with Crippen LogP contribution in [0.3, 0.4) is 0 Å². The predicted molar refractivity (Wildman–Crippen MR) is 148 cm³/mol. The van der Waals surface area contributed by atoms with Gasteiger partial charge in [-0.1, -0.05) is 5.06 Å². The summed E-state index contributed by atoms with van der Waals surface area (Å²) in [4.78, 5) is 34.8.